The third kappa shape index (κ3) is 9.03. The minimum atomic E-state index is -2.31. The minimum Gasteiger partial charge on any atom is -0.463 e. The molecular formula is C26H46O13. The quantitative estimate of drug-likeness (QED) is 0.103. The fraction of sp³-hybridized carbons (Fsp3) is 0.923. The molecule has 39 heavy (non-hydrogen) atoms. The van der Waals surface area contributed by atoms with Crippen LogP contribution in [-0.4, -0.2) is 117 Å². The van der Waals surface area contributed by atoms with Crippen LogP contribution in [0.1, 0.15) is 72.1 Å². The van der Waals surface area contributed by atoms with Crippen molar-refractivity contribution in [2.45, 2.75) is 127 Å². The Labute approximate surface area is 229 Å². The van der Waals surface area contributed by atoms with Gasteiger partial charge in [-0.2, -0.15) is 0 Å². The van der Waals surface area contributed by atoms with Gasteiger partial charge in [-0.15, -0.1) is 0 Å². The molecule has 0 aromatic heterocycles. The molecule has 0 radical (unpaired) electrons. The number of aliphatic hydroxyl groups is 6. The molecule has 2 rings (SSSR count). The van der Waals surface area contributed by atoms with E-state index in [1.165, 1.54) is 6.42 Å². The summed E-state index contributed by atoms with van der Waals surface area (Å²) >= 11 is 0. The number of unbranched alkanes of at least 4 members (excludes halogenated alkanes) is 6. The Morgan fingerprint density at radius 2 is 1.54 bits per heavy atom. The first-order valence-electron chi connectivity index (χ1n) is 13.8. The SMILES string of the molecule is CCCCCCCCCC(=O)OC[C@H]1O[C@H](OC2(CO)O[C@H](CO)[C@@H](O)[C@@H]2O)[C@H](O)[C@@H](O)[C@@H]1OC(=O)C(C)C. The molecule has 228 valence electrons. The van der Waals surface area contributed by atoms with Crippen LogP contribution in [0.25, 0.3) is 0 Å². The van der Waals surface area contributed by atoms with Gasteiger partial charge in [0, 0.05) is 6.42 Å². The van der Waals surface area contributed by atoms with E-state index in [1.54, 1.807) is 13.8 Å². The van der Waals surface area contributed by atoms with E-state index >= 15 is 0 Å². The van der Waals surface area contributed by atoms with Crippen LogP contribution in [0.2, 0.25) is 0 Å². The first-order chi connectivity index (χ1) is 18.5. The second-order valence-corrected chi connectivity index (χ2v) is 10.5. The van der Waals surface area contributed by atoms with E-state index in [4.69, 9.17) is 23.7 Å². The first kappa shape index (κ1) is 33.8. The molecule has 0 amide bonds. The molecule has 2 saturated heterocycles. The maximum atomic E-state index is 12.3. The molecule has 0 aliphatic carbocycles. The molecule has 0 spiro atoms. The van der Waals surface area contributed by atoms with E-state index < -0.39 is 92.5 Å². The predicted molar refractivity (Wildman–Crippen MR) is 134 cm³/mol. The number of hydrogen-bond acceptors (Lipinski definition) is 13. The van der Waals surface area contributed by atoms with E-state index in [9.17, 15) is 40.2 Å². The summed E-state index contributed by atoms with van der Waals surface area (Å²) in [7, 11) is 0. The number of ether oxygens (including phenoxy) is 5. The lowest BCUT2D eigenvalue weighted by molar-refractivity contribution is -0.384. The second-order valence-electron chi connectivity index (χ2n) is 10.5. The topological polar surface area (TPSA) is 202 Å². The average molecular weight is 567 g/mol. The van der Waals surface area contributed by atoms with Gasteiger partial charge in [-0.3, -0.25) is 9.59 Å². The molecule has 0 saturated carbocycles. The molecule has 2 fully saturated rings. The van der Waals surface area contributed by atoms with Crippen LogP contribution >= 0.6 is 0 Å². The minimum absolute atomic E-state index is 0.163. The number of hydrogen-bond donors (Lipinski definition) is 6. The summed E-state index contributed by atoms with van der Waals surface area (Å²) in [6, 6.07) is 0. The van der Waals surface area contributed by atoms with Crippen molar-refractivity contribution in [3.8, 4) is 0 Å². The monoisotopic (exact) mass is 566 g/mol. The van der Waals surface area contributed by atoms with Crippen molar-refractivity contribution in [3.63, 3.8) is 0 Å². The van der Waals surface area contributed by atoms with Crippen LogP contribution in [0.5, 0.6) is 0 Å². The summed E-state index contributed by atoms with van der Waals surface area (Å²) in [5.41, 5.74) is 0. The Hall–Kier alpha value is -1.42. The zero-order valence-electron chi connectivity index (χ0n) is 23.0. The van der Waals surface area contributed by atoms with Crippen LogP contribution in [0, 0.1) is 5.92 Å². The van der Waals surface area contributed by atoms with E-state index in [0.29, 0.717) is 6.42 Å². The van der Waals surface area contributed by atoms with Crippen molar-refractivity contribution in [1.82, 2.24) is 0 Å². The molecule has 13 heteroatoms. The highest BCUT2D eigenvalue weighted by Crippen LogP contribution is 2.36. The van der Waals surface area contributed by atoms with Crippen molar-refractivity contribution in [1.29, 1.82) is 0 Å². The van der Waals surface area contributed by atoms with Gasteiger partial charge in [-0.05, 0) is 6.42 Å². The molecule has 13 nitrogen and oxygen atoms in total. The Kier molecular flexibility index (Phi) is 14.0. The average Bonchev–Trinajstić information content (AvgIpc) is 3.16. The van der Waals surface area contributed by atoms with Crippen LogP contribution in [0.4, 0.5) is 0 Å². The molecule has 2 heterocycles. The molecule has 0 aromatic rings. The van der Waals surface area contributed by atoms with E-state index in [-0.39, 0.29) is 6.42 Å². The number of carbonyl (C=O) groups excluding carboxylic acids is 2. The summed E-state index contributed by atoms with van der Waals surface area (Å²) in [6.45, 7) is 3.13. The number of carbonyl (C=O) groups is 2. The molecule has 9 atom stereocenters. The molecule has 0 bridgehead atoms. The van der Waals surface area contributed by atoms with E-state index in [2.05, 4.69) is 6.92 Å². The fourth-order valence-corrected chi connectivity index (χ4v) is 4.49. The van der Waals surface area contributed by atoms with E-state index in [1.807, 2.05) is 0 Å². The zero-order valence-corrected chi connectivity index (χ0v) is 23.0. The third-order valence-corrected chi connectivity index (χ3v) is 6.98. The Balaban J connectivity index is 2.07. The van der Waals surface area contributed by atoms with Crippen LogP contribution in [0.3, 0.4) is 0 Å². The third-order valence-electron chi connectivity index (χ3n) is 6.98. The van der Waals surface area contributed by atoms with Crippen molar-refractivity contribution in [2.75, 3.05) is 19.8 Å². The van der Waals surface area contributed by atoms with Crippen LogP contribution < -0.4 is 0 Å². The van der Waals surface area contributed by atoms with Crippen LogP contribution in [-0.2, 0) is 33.3 Å². The highest BCUT2D eigenvalue weighted by Gasteiger charge is 2.59. The zero-order chi connectivity index (χ0) is 29.2. The first-order valence-corrected chi connectivity index (χ1v) is 13.8. The van der Waals surface area contributed by atoms with Gasteiger partial charge in [0.1, 0.15) is 49.8 Å². The smallest absolute Gasteiger partial charge is 0.308 e. The summed E-state index contributed by atoms with van der Waals surface area (Å²) < 4.78 is 27.2. The number of esters is 2. The number of aliphatic hydroxyl groups excluding tert-OH is 6. The molecule has 0 aromatic carbocycles. The van der Waals surface area contributed by atoms with Crippen molar-refractivity contribution >= 4 is 11.9 Å². The maximum Gasteiger partial charge on any atom is 0.308 e. The van der Waals surface area contributed by atoms with Gasteiger partial charge in [-0.1, -0.05) is 59.3 Å². The summed E-state index contributed by atoms with van der Waals surface area (Å²) in [5.74, 6) is -4.09. The molecule has 1 unspecified atom stereocenters. The Morgan fingerprint density at radius 1 is 0.897 bits per heavy atom. The maximum absolute atomic E-state index is 12.3. The molecule has 6 N–H and O–H groups in total. The summed E-state index contributed by atoms with van der Waals surface area (Å²) in [5, 5.41) is 61.3. The predicted octanol–water partition coefficient (Wildman–Crippen LogP) is -0.497. The largest absolute Gasteiger partial charge is 0.463 e. The second kappa shape index (κ2) is 16.1. The highest BCUT2D eigenvalue weighted by atomic mass is 16.8. The highest BCUT2D eigenvalue weighted by molar-refractivity contribution is 5.72. The van der Waals surface area contributed by atoms with Crippen molar-refractivity contribution in [3.05, 3.63) is 0 Å². The summed E-state index contributed by atoms with van der Waals surface area (Å²) in [6.07, 6.45) is -5.61. The Morgan fingerprint density at radius 3 is 2.10 bits per heavy atom. The fourth-order valence-electron chi connectivity index (χ4n) is 4.49. The van der Waals surface area contributed by atoms with Crippen molar-refractivity contribution < 1.29 is 63.9 Å². The summed E-state index contributed by atoms with van der Waals surface area (Å²) in [4.78, 5) is 24.6. The van der Waals surface area contributed by atoms with Gasteiger partial charge in [0.15, 0.2) is 12.4 Å². The lowest BCUT2D eigenvalue weighted by Gasteiger charge is -2.44. The molecule has 2 aliphatic heterocycles. The lowest BCUT2D eigenvalue weighted by Crippen LogP contribution is -2.63. The normalized spacial score (nSPS) is 34.8. The number of rotatable bonds is 16. The van der Waals surface area contributed by atoms with Crippen LogP contribution in [0.15, 0.2) is 0 Å². The lowest BCUT2D eigenvalue weighted by atomic mass is 9.98. The van der Waals surface area contributed by atoms with Gasteiger partial charge in [0.25, 0.3) is 0 Å². The van der Waals surface area contributed by atoms with Gasteiger partial charge >= 0.3 is 11.9 Å². The molecule has 2 aliphatic rings. The standard InChI is InChI=1S/C26H46O13/c1-4-5-6-7-8-9-10-11-18(29)35-13-17-22(37-24(34)15(2)3)20(31)21(32)25(36-17)39-26(14-28)23(33)19(30)16(12-27)38-26/h15-17,19-23,25,27-28,30-33H,4-14H2,1-3H3/t16-,17-,19-,20-,21-,22-,23+,25-,26?/m1/s1. The van der Waals surface area contributed by atoms with Crippen molar-refractivity contribution in [2.24, 2.45) is 5.92 Å². The van der Waals surface area contributed by atoms with Gasteiger partial charge in [0.2, 0.25) is 5.79 Å². The van der Waals surface area contributed by atoms with Gasteiger partial charge < -0.3 is 54.3 Å². The molecular weight excluding hydrogens is 520 g/mol. The van der Waals surface area contributed by atoms with Gasteiger partial charge in [0.05, 0.1) is 12.5 Å². The Bertz CT molecular complexity index is 749. The van der Waals surface area contributed by atoms with Gasteiger partial charge in [-0.25, -0.2) is 0 Å². The van der Waals surface area contributed by atoms with E-state index in [0.717, 1.165) is 32.1 Å².